The third-order valence-corrected chi connectivity index (χ3v) is 3.79. The predicted octanol–water partition coefficient (Wildman–Crippen LogP) is 2.63. The summed E-state index contributed by atoms with van der Waals surface area (Å²) in [6.07, 6.45) is 3.40. The van der Waals surface area contributed by atoms with Crippen molar-refractivity contribution in [3.63, 3.8) is 0 Å². The number of nitrogens with zero attached hydrogens (tertiary/aromatic N) is 1. The monoisotopic (exact) mass is 310 g/mol. The van der Waals surface area contributed by atoms with Crippen molar-refractivity contribution in [2.75, 3.05) is 5.32 Å². The predicted molar refractivity (Wildman–Crippen MR) is 86.4 cm³/mol. The van der Waals surface area contributed by atoms with E-state index in [1.807, 2.05) is 36.4 Å². The molecule has 0 aliphatic heterocycles. The maximum Gasteiger partial charge on any atom is 0.265 e. The fraction of sp³-hybridized carbons (Fsp3) is 0.118. The second-order valence-electron chi connectivity index (χ2n) is 5.33. The number of aliphatic hydroxyl groups is 1. The number of carbonyl (C=O) groups is 1. The summed E-state index contributed by atoms with van der Waals surface area (Å²) < 4.78 is 0. The van der Waals surface area contributed by atoms with Gasteiger partial charge in [-0.3, -0.25) is 14.9 Å². The van der Waals surface area contributed by atoms with E-state index in [1.165, 1.54) is 6.08 Å². The molecule has 6 nitrogen and oxygen atoms in total. The highest BCUT2D eigenvalue weighted by Gasteiger charge is 2.36. The quantitative estimate of drug-likeness (QED) is 0.673. The van der Waals surface area contributed by atoms with E-state index in [1.54, 1.807) is 6.07 Å². The number of fused-ring (bicyclic) bond motifs is 1. The number of hydrogen-bond donors (Lipinski definition) is 2. The molecule has 23 heavy (non-hydrogen) atoms. The minimum Gasteiger partial charge on any atom is -0.376 e. The normalized spacial score (nSPS) is 20.1. The van der Waals surface area contributed by atoms with Crippen LogP contribution >= 0.6 is 0 Å². The number of hydrogen-bond acceptors (Lipinski definition) is 4. The maximum absolute atomic E-state index is 12.4. The molecule has 0 spiro atoms. The first-order valence-electron chi connectivity index (χ1n) is 7.05. The Labute approximate surface area is 131 Å². The number of benzene rings is 2. The van der Waals surface area contributed by atoms with E-state index in [9.17, 15) is 20.0 Å². The summed E-state index contributed by atoms with van der Waals surface area (Å²) >= 11 is 0. The van der Waals surface area contributed by atoms with Crippen LogP contribution in [0.15, 0.2) is 66.4 Å². The molecule has 1 unspecified atom stereocenters. The fourth-order valence-electron chi connectivity index (χ4n) is 2.49. The Bertz CT molecular complexity index is 851. The molecule has 0 fully saturated rings. The van der Waals surface area contributed by atoms with Crippen LogP contribution in [0.3, 0.4) is 0 Å². The number of anilines is 1. The van der Waals surface area contributed by atoms with Crippen LogP contribution in [0, 0.1) is 10.1 Å². The van der Waals surface area contributed by atoms with E-state index in [-0.39, 0.29) is 12.1 Å². The van der Waals surface area contributed by atoms with Gasteiger partial charge in [0.05, 0.1) is 4.92 Å². The van der Waals surface area contributed by atoms with Gasteiger partial charge in [0.1, 0.15) is 0 Å². The molecule has 1 aliphatic carbocycles. The van der Waals surface area contributed by atoms with Crippen LogP contribution < -0.4 is 5.32 Å². The van der Waals surface area contributed by atoms with Gasteiger partial charge in [-0.25, -0.2) is 0 Å². The van der Waals surface area contributed by atoms with Crippen molar-refractivity contribution < 1.29 is 14.8 Å². The van der Waals surface area contributed by atoms with Gasteiger partial charge in [0.15, 0.2) is 5.60 Å². The SMILES string of the molecule is O=C(Nc1cccc2ccccc12)C1(O)C=CC([N+](=O)[O-])=CC1. The first kappa shape index (κ1) is 14.9. The summed E-state index contributed by atoms with van der Waals surface area (Å²) in [7, 11) is 0. The van der Waals surface area contributed by atoms with Crippen molar-refractivity contribution in [2.24, 2.45) is 0 Å². The first-order valence-corrected chi connectivity index (χ1v) is 7.05. The van der Waals surface area contributed by atoms with E-state index in [0.717, 1.165) is 22.9 Å². The minimum absolute atomic E-state index is 0.132. The number of nitro groups is 1. The highest BCUT2D eigenvalue weighted by atomic mass is 16.6. The summed E-state index contributed by atoms with van der Waals surface area (Å²) in [6.45, 7) is 0. The highest BCUT2D eigenvalue weighted by molar-refractivity contribution is 6.05. The molecule has 2 N–H and O–H groups in total. The number of allylic oxidation sites excluding steroid dienone is 1. The second-order valence-corrected chi connectivity index (χ2v) is 5.33. The summed E-state index contributed by atoms with van der Waals surface area (Å²) in [5.41, 5.74) is -1.34. The summed E-state index contributed by atoms with van der Waals surface area (Å²) in [6, 6.07) is 13.0. The van der Waals surface area contributed by atoms with Crippen molar-refractivity contribution >= 4 is 22.4 Å². The van der Waals surface area contributed by atoms with E-state index in [0.29, 0.717) is 5.69 Å². The van der Waals surface area contributed by atoms with E-state index in [4.69, 9.17) is 0 Å². The van der Waals surface area contributed by atoms with Gasteiger partial charge in [0, 0.05) is 23.6 Å². The van der Waals surface area contributed by atoms with Gasteiger partial charge >= 0.3 is 0 Å². The zero-order chi connectivity index (χ0) is 16.4. The van der Waals surface area contributed by atoms with Crippen LogP contribution in [0.2, 0.25) is 0 Å². The maximum atomic E-state index is 12.4. The lowest BCUT2D eigenvalue weighted by Crippen LogP contribution is -2.42. The molecule has 116 valence electrons. The van der Waals surface area contributed by atoms with Crippen molar-refractivity contribution in [3.8, 4) is 0 Å². The zero-order valence-electron chi connectivity index (χ0n) is 12.1. The topological polar surface area (TPSA) is 92.5 Å². The lowest BCUT2D eigenvalue weighted by Gasteiger charge is -2.24. The lowest BCUT2D eigenvalue weighted by molar-refractivity contribution is -0.419. The molecule has 2 aromatic rings. The molecular formula is C17H14N2O4. The van der Waals surface area contributed by atoms with Crippen LogP contribution in [0.4, 0.5) is 5.69 Å². The molecule has 1 aliphatic rings. The molecule has 1 atom stereocenters. The summed E-state index contributed by atoms with van der Waals surface area (Å²) in [5.74, 6) is -0.622. The second kappa shape index (κ2) is 5.66. The van der Waals surface area contributed by atoms with Gasteiger partial charge in [-0.05, 0) is 23.6 Å². The van der Waals surface area contributed by atoms with Gasteiger partial charge in [-0.1, -0.05) is 36.4 Å². The van der Waals surface area contributed by atoms with Crippen LogP contribution in [-0.4, -0.2) is 21.5 Å². The van der Waals surface area contributed by atoms with Gasteiger partial charge in [0.2, 0.25) is 0 Å². The molecule has 0 saturated carbocycles. The molecule has 1 amide bonds. The van der Waals surface area contributed by atoms with Crippen LogP contribution in [0.5, 0.6) is 0 Å². The van der Waals surface area contributed by atoms with E-state index < -0.39 is 16.4 Å². The smallest absolute Gasteiger partial charge is 0.265 e. The van der Waals surface area contributed by atoms with Gasteiger partial charge in [-0.2, -0.15) is 0 Å². The standard InChI is InChI=1S/C17H14N2O4/c20-16(17(21)10-8-13(9-11-17)19(22)23)18-15-7-3-5-12-4-1-2-6-14(12)15/h1-10,21H,11H2,(H,18,20). The molecule has 0 saturated heterocycles. The van der Waals surface area contributed by atoms with Crippen molar-refractivity contribution in [1.82, 2.24) is 0 Å². The van der Waals surface area contributed by atoms with Gasteiger partial charge in [0.25, 0.3) is 11.6 Å². The average Bonchev–Trinajstić information content (AvgIpc) is 2.55. The van der Waals surface area contributed by atoms with E-state index in [2.05, 4.69) is 5.32 Å². The number of nitrogens with one attached hydrogen (secondary N) is 1. The Balaban J connectivity index is 1.85. The third-order valence-electron chi connectivity index (χ3n) is 3.79. The Morgan fingerprint density at radius 1 is 1.22 bits per heavy atom. The van der Waals surface area contributed by atoms with Crippen molar-refractivity contribution in [3.05, 3.63) is 76.5 Å². The number of amides is 1. The minimum atomic E-state index is -1.80. The molecular weight excluding hydrogens is 296 g/mol. The molecule has 3 rings (SSSR count). The van der Waals surface area contributed by atoms with Gasteiger partial charge in [-0.15, -0.1) is 0 Å². The molecule has 6 heteroatoms. The number of rotatable bonds is 3. The third kappa shape index (κ3) is 2.84. The Kier molecular flexibility index (Phi) is 3.67. The molecule has 0 bridgehead atoms. The van der Waals surface area contributed by atoms with Crippen molar-refractivity contribution in [2.45, 2.75) is 12.0 Å². The molecule has 0 aromatic heterocycles. The Hall–Kier alpha value is -2.99. The van der Waals surface area contributed by atoms with Crippen LogP contribution in [0.25, 0.3) is 10.8 Å². The summed E-state index contributed by atoms with van der Waals surface area (Å²) in [5, 5.41) is 25.6. The average molecular weight is 310 g/mol. The largest absolute Gasteiger partial charge is 0.376 e. The molecule has 0 heterocycles. The fourth-order valence-corrected chi connectivity index (χ4v) is 2.49. The lowest BCUT2D eigenvalue weighted by atomic mass is 9.93. The van der Waals surface area contributed by atoms with Crippen LogP contribution in [-0.2, 0) is 4.79 Å². The summed E-state index contributed by atoms with van der Waals surface area (Å²) in [4.78, 5) is 22.5. The zero-order valence-corrected chi connectivity index (χ0v) is 12.1. The highest BCUT2D eigenvalue weighted by Crippen LogP contribution is 2.27. The molecule has 0 radical (unpaired) electrons. The van der Waals surface area contributed by atoms with Crippen molar-refractivity contribution in [1.29, 1.82) is 0 Å². The van der Waals surface area contributed by atoms with Crippen LogP contribution in [0.1, 0.15) is 6.42 Å². The number of carbonyl (C=O) groups excluding carboxylic acids is 1. The first-order chi connectivity index (χ1) is 11.0. The molecule has 2 aromatic carbocycles. The van der Waals surface area contributed by atoms with Gasteiger partial charge < -0.3 is 10.4 Å². The Morgan fingerprint density at radius 2 is 1.96 bits per heavy atom. The van der Waals surface area contributed by atoms with E-state index >= 15 is 0 Å². The Morgan fingerprint density at radius 3 is 2.65 bits per heavy atom.